The molecule has 0 aliphatic carbocycles. The van der Waals surface area contributed by atoms with Crippen LogP contribution in [0.2, 0.25) is 0 Å². The molecule has 0 radical (unpaired) electrons. The highest BCUT2D eigenvalue weighted by Gasteiger charge is 2.25. The maximum Gasteiger partial charge on any atom is 0.248 e. The van der Waals surface area contributed by atoms with Crippen LogP contribution in [0.4, 0.5) is 0 Å². The minimum atomic E-state index is -3.63. The summed E-state index contributed by atoms with van der Waals surface area (Å²) in [6, 6.07) is 9.70. The van der Waals surface area contributed by atoms with Crippen molar-refractivity contribution >= 4 is 27.0 Å². The minimum Gasteiger partial charge on any atom is -0.496 e. The Bertz CT molecular complexity index is 1160. The van der Waals surface area contributed by atoms with Crippen LogP contribution < -0.4 is 10.5 Å². The van der Waals surface area contributed by atoms with Crippen LogP contribution in [-0.2, 0) is 10.0 Å². The molecule has 0 fully saturated rings. The Morgan fingerprint density at radius 3 is 2.43 bits per heavy atom. The van der Waals surface area contributed by atoms with Crippen molar-refractivity contribution in [3.63, 3.8) is 0 Å². The number of benzene rings is 2. The van der Waals surface area contributed by atoms with E-state index in [0.29, 0.717) is 46.8 Å². The molecule has 160 valence electrons. The van der Waals surface area contributed by atoms with Gasteiger partial charge >= 0.3 is 0 Å². The second-order valence-corrected chi connectivity index (χ2v) is 8.89. The SMILES string of the molecule is CCCN(CCC)S(=O)(=O)c1ccc(-c2nc3ccc(C(N)=O)cc3[nH]2)c(OC)c1. The molecule has 1 aromatic heterocycles. The third-order valence-corrected chi connectivity index (χ3v) is 6.67. The molecule has 0 aliphatic heterocycles. The Kier molecular flexibility index (Phi) is 6.42. The number of fused-ring (bicyclic) bond motifs is 1. The summed E-state index contributed by atoms with van der Waals surface area (Å²) >= 11 is 0. The molecule has 1 heterocycles. The predicted octanol–water partition coefficient (Wildman–Crippen LogP) is 3.15. The van der Waals surface area contributed by atoms with E-state index >= 15 is 0 Å². The van der Waals surface area contributed by atoms with Crippen molar-refractivity contribution in [1.29, 1.82) is 0 Å². The van der Waals surface area contributed by atoms with Gasteiger partial charge in [0, 0.05) is 24.7 Å². The van der Waals surface area contributed by atoms with Crippen LogP contribution in [0.1, 0.15) is 37.0 Å². The Labute approximate surface area is 176 Å². The number of imidazole rings is 1. The number of carbonyl (C=O) groups is 1. The van der Waals surface area contributed by atoms with Crippen LogP contribution in [0.3, 0.4) is 0 Å². The number of nitrogens with zero attached hydrogens (tertiary/aromatic N) is 2. The molecule has 1 amide bonds. The molecule has 2 aromatic carbocycles. The average molecular weight is 431 g/mol. The van der Waals surface area contributed by atoms with Crippen molar-refractivity contribution in [2.45, 2.75) is 31.6 Å². The van der Waals surface area contributed by atoms with E-state index in [1.54, 1.807) is 30.3 Å². The molecule has 0 saturated carbocycles. The number of ether oxygens (including phenoxy) is 1. The Morgan fingerprint density at radius 1 is 1.13 bits per heavy atom. The van der Waals surface area contributed by atoms with Crippen LogP contribution in [0.15, 0.2) is 41.3 Å². The summed E-state index contributed by atoms with van der Waals surface area (Å²) in [7, 11) is -2.14. The number of nitrogens with one attached hydrogen (secondary N) is 1. The summed E-state index contributed by atoms with van der Waals surface area (Å²) in [5, 5.41) is 0. The molecule has 0 atom stereocenters. The number of rotatable bonds is 9. The quantitative estimate of drug-likeness (QED) is 0.541. The normalized spacial score (nSPS) is 11.9. The van der Waals surface area contributed by atoms with Crippen LogP contribution in [0, 0.1) is 0 Å². The van der Waals surface area contributed by atoms with E-state index in [4.69, 9.17) is 10.5 Å². The van der Waals surface area contributed by atoms with E-state index in [1.807, 2.05) is 13.8 Å². The average Bonchev–Trinajstić information content (AvgIpc) is 3.16. The fraction of sp³-hybridized carbons (Fsp3) is 0.333. The fourth-order valence-corrected chi connectivity index (χ4v) is 4.96. The molecule has 3 aromatic rings. The third-order valence-electron chi connectivity index (χ3n) is 4.78. The summed E-state index contributed by atoms with van der Waals surface area (Å²) < 4.78 is 33.1. The van der Waals surface area contributed by atoms with Gasteiger partial charge in [0.15, 0.2) is 0 Å². The lowest BCUT2D eigenvalue weighted by Gasteiger charge is -2.21. The number of aromatic amines is 1. The minimum absolute atomic E-state index is 0.178. The third kappa shape index (κ3) is 4.17. The Balaban J connectivity index is 2.04. The van der Waals surface area contributed by atoms with Gasteiger partial charge in [-0.2, -0.15) is 4.31 Å². The highest BCUT2D eigenvalue weighted by molar-refractivity contribution is 7.89. The fourth-order valence-electron chi connectivity index (χ4n) is 3.32. The standard InChI is InChI=1S/C21H26N4O4S/c1-4-10-25(11-5-2)30(27,28)15-7-8-16(19(13-15)29-3)21-23-17-9-6-14(20(22)26)12-18(17)24-21/h6-9,12-13H,4-5,10-11H2,1-3H3,(H2,22,26)(H,23,24). The van der Waals surface area contributed by atoms with Gasteiger partial charge in [-0.05, 0) is 43.2 Å². The topological polar surface area (TPSA) is 118 Å². The zero-order valence-corrected chi connectivity index (χ0v) is 18.1. The lowest BCUT2D eigenvalue weighted by molar-refractivity contribution is 0.100. The van der Waals surface area contributed by atoms with Gasteiger partial charge in [-0.3, -0.25) is 4.79 Å². The number of primary amides is 1. The Hall–Kier alpha value is -2.91. The van der Waals surface area contributed by atoms with E-state index in [0.717, 1.165) is 12.8 Å². The van der Waals surface area contributed by atoms with Crippen LogP contribution >= 0.6 is 0 Å². The molecule has 3 N–H and O–H groups in total. The Morgan fingerprint density at radius 2 is 1.83 bits per heavy atom. The number of hydrogen-bond acceptors (Lipinski definition) is 5. The zero-order valence-electron chi connectivity index (χ0n) is 17.3. The molecule has 30 heavy (non-hydrogen) atoms. The van der Waals surface area contributed by atoms with Gasteiger partial charge in [0.25, 0.3) is 0 Å². The highest BCUT2D eigenvalue weighted by Crippen LogP contribution is 2.33. The number of carbonyl (C=O) groups excluding carboxylic acids is 1. The number of amides is 1. The van der Waals surface area contributed by atoms with Gasteiger partial charge in [0.05, 0.1) is 28.6 Å². The van der Waals surface area contributed by atoms with Gasteiger partial charge in [-0.1, -0.05) is 13.8 Å². The van der Waals surface area contributed by atoms with Crippen LogP contribution in [0.25, 0.3) is 22.4 Å². The largest absolute Gasteiger partial charge is 0.496 e. The van der Waals surface area contributed by atoms with Gasteiger partial charge < -0.3 is 15.5 Å². The summed E-state index contributed by atoms with van der Waals surface area (Å²) in [4.78, 5) is 19.3. The van der Waals surface area contributed by atoms with Crippen molar-refractivity contribution in [2.75, 3.05) is 20.2 Å². The molecule has 3 rings (SSSR count). The number of sulfonamides is 1. The lowest BCUT2D eigenvalue weighted by atomic mass is 10.2. The van der Waals surface area contributed by atoms with Crippen molar-refractivity contribution < 1.29 is 17.9 Å². The molecule has 0 aliphatic rings. The second-order valence-electron chi connectivity index (χ2n) is 6.95. The maximum absolute atomic E-state index is 13.1. The first-order valence-electron chi connectivity index (χ1n) is 9.80. The molecule has 0 unspecified atom stereocenters. The summed E-state index contributed by atoms with van der Waals surface area (Å²) in [6.45, 7) is 4.83. The number of hydrogen-bond donors (Lipinski definition) is 2. The van der Waals surface area contributed by atoms with E-state index in [9.17, 15) is 13.2 Å². The highest BCUT2D eigenvalue weighted by atomic mass is 32.2. The van der Waals surface area contributed by atoms with Gasteiger partial charge in [0.2, 0.25) is 15.9 Å². The van der Waals surface area contributed by atoms with Gasteiger partial charge in [-0.15, -0.1) is 0 Å². The van der Waals surface area contributed by atoms with Crippen LogP contribution in [-0.4, -0.2) is 48.8 Å². The molecule has 0 bridgehead atoms. The first-order valence-corrected chi connectivity index (χ1v) is 11.2. The predicted molar refractivity (Wildman–Crippen MR) is 116 cm³/mol. The molecule has 9 heteroatoms. The molecule has 8 nitrogen and oxygen atoms in total. The second kappa shape index (κ2) is 8.85. The van der Waals surface area contributed by atoms with Gasteiger partial charge in [-0.25, -0.2) is 13.4 Å². The zero-order chi connectivity index (χ0) is 21.9. The molecular formula is C21H26N4O4S. The molecular weight excluding hydrogens is 404 g/mol. The number of H-pyrrole nitrogens is 1. The first-order chi connectivity index (χ1) is 14.3. The van der Waals surface area contributed by atoms with Crippen molar-refractivity contribution in [3.05, 3.63) is 42.0 Å². The smallest absolute Gasteiger partial charge is 0.248 e. The summed E-state index contributed by atoms with van der Waals surface area (Å²) in [5.41, 5.74) is 7.64. The number of methoxy groups -OCH3 is 1. The van der Waals surface area contributed by atoms with Crippen molar-refractivity contribution in [1.82, 2.24) is 14.3 Å². The molecule has 0 spiro atoms. The van der Waals surface area contributed by atoms with E-state index in [2.05, 4.69) is 9.97 Å². The first kappa shape index (κ1) is 21.8. The summed E-state index contributed by atoms with van der Waals surface area (Å²) in [5.74, 6) is 0.369. The van der Waals surface area contributed by atoms with E-state index in [1.165, 1.54) is 17.5 Å². The monoisotopic (exact) mass is 430 g/mol. The molecule has 0 saturated heterocycles. The van der Waals surface area contributed by atoms with E-state index < -0.39 is 15.9 Å². The summed E-state index contributed by atoms with van der Waals surface area (Å²) in [6.07, 6.45) is 1.47. The van der Waals surface area contributed by atoms with Crippen molar-refractivity contribution in [3.8, 4) is 17.1 Å². The van der Waals surface area contributed by atoms with Crippen LogP contribution in [0.5, 0.6) is 5.75 Å². The maximum atomic E-state index is 13.1. The van der Waals surface area contributed by atoms with Crippen molar-refractivity contribution in [2.24, 2.45) is 5.73 Å². The lowest BCUT2D eigenvalue weighted by Crippen LogP contribution is -2.32. The van der Waals surface area contributed by atoms with E-state index in [-0.39, 0.29) is 4.90 Å². The number of nitrogens with two attached hydrogens (primary N) is 1. The number of aromatic nitrogens is 2. The van der Waals surface area contributed by atoms with Gasteiger partial charge in [0.1, 0.15) is 11.6 Å².